The van der Waals surface area contributed by atoms with Crippen LogP contribution in [0.1, 0.15) is 40.5 Å². The minimum absolute atomic E-state index is 0.324. The summed E-state index contributed by atoms with van der Waals surface area (Å²) in [5.41, 5.74) is 0.876. The lowest BCUT2D eigenvalue weighted by Crippen LogP contribution is -2.37. The molecule has 3 nitrogen and oxygen atoms in total. The first-order chi connectivity index (χ1) is 11.0. The van der Waals surface area contributed by atoms with Gasteiger partial charge in [-0.1, -0.05) is 36.5 Å². The van der Waals surface area contributed by atoms with E-state index < -0.39 is 0 Å². The zero-order chi connectivity index (χ0) is 16.8. The van der Waals surface area contributed by atoms with Crippen LogP contribution in [0.4, 0.5) is 0 Å². The fourth-order valence-electron chi connectivity index (χ4n) is 2.11. The Morgan fingerprint density at radius 2 is 1.22 bits per heavy atom. The van der Waals surface area contributed by atoms with E-state index in [1.54, 1.807) is 48.5 Å². The zero-order valence-electron chi connectivity index (χ0n) is 12.8. The van der Waals surface area contributed by atoms with E-state index in [4.69, 9.17) is 23.2 Å². The van der Waals surface area contributed by atoms with Crippen LogP contribution < -0.4 is 0 Å². The van der Waals surface area contributed by atoms with Crippen molar-refractivity contribution in [1.82, 2.24) is 4.90 Å². The smallest absolute Gasteiger partial charge is 0.260 e. The third-order valence-electron chi connectivity index (χ3n) is 3.41. The molecule has 0 bridgehead atoms. The summed E-state index contributed by atoms with van der Waals surface area (Å²) in [6, 6.07) is 13.0. The van der Waals surface area contributed by atoms with Crippen LogP contribution in [0.25, 0.3) is 0 Å². The van der Waals surface area contributed by atoms with Crippen molar-refractivity contribution in [2.24, 2.45) is 0 Å². The third-order valence-corrected chi connectivity index (χ3v) is 3.91. The van der Waals surface area contributed by atoms with Crippen molar-refractivity contribution in [3.63, 3.8) is 0 Å². The summed E-state index contributed by atoms with van der Waals surface area (Å²) in [6.45, 7) is 2.39. The summed E-state index contributed by atoms with van der Waals surface area (Å²) in [6.07, 6.45) is 1.64. The standard InChI is InChI=1S/C18H17Cl2NO2/c1-2-3-12-21(17(22)13-4-8-15(19)9-5-13)18(23)14-6-10-16(20)11-7-14/h4-11H,2-3,12H2,1H3. The molecule has 0 atom stereocenters. The summed E-state index contributed by atoms with van der Waals surface area (Å²) in [5.74, 6) is -0.648. The second kappa shape index (κ2) is 8.14. The van der Waals surface area contributed by atoms with Crippen LogP contribution in [0.3, 0.4) is 0 Å². The molecule has 0 saturated carbocycles. The molecule has 0 saturated heterocycles. The molecule has 5 heteroatoms. The Labute approximate surface area is 145 Å². The Balaban J connectivity index is 2.28. The maximum absolute atomic E-state index is 12.7. The van der Waals surface area contributed by atoms with Crippen LogP contribution in [-0.4, -0.2) is 23.3 Å². The van der Waals surface area contributed by atoms with Crippen molar-refractivity contribution < 1.29 is 9.59 Å². The van der Waals surface area contributed by atoms with Crippen LogP contribution in [-0.2, 0) is 0 Å². The van der Waals surface area contributed by atoms with E-state index in [0.717, 1.165) is 12.8 Å². The van der Waals surface area contributed by atoms with Gasteiger partial charge in [0.1, 0.15) is 0 Å². The van der Waals surface area contributed by atoms with E-state index in [9.17, 15) is 9.59 Å². The number of benzene rings is 2. The lowest BCUT2D eigenvalue weighted by molar-refractivity contribution is 0.0614. The van der Waals surface area contributed by atoms with Gasteiger partial charge in [0.05, 0.1) is 0 Å². The van der Waals surface area contributed by atoms with Gasteiger partial charge in [-0.2, -0.15) is 0 Å². The Morgan fingerprint density at radius 1 is 0.826 bits per heavy atom. The number of hydrogen-bond donors (Lipinski definition) is 0. The van der Waals surface area contributed by atoms with Crippen molar-refractivity contribution >= 4 is 35.0 Å². The predicted octanol–water partition coefficient (Wildman–Crippen LogP) is 5.08. The van der Waals surface area contributed by atoms with E-state index in [1.165, 1.54) is 4.90 Å². The molecule has 2 aromatic carbocycles. The number of imide groups is 1. The normalized spacial score (nSPS) is 10.4. The highest BCUT2D eigenvalue weighted by atomic mass is 35.5. The van der Waals surface area contributed by atoms with E-state index in [0.29, 0.717) is 27.7 Å². The van der Waals surface area contributed by atoms with Gasteiger partial charge in [0.25, 0.3) is 11.8 Å². The SMILES string of the molecule is CCCCN(C(=O)c1ccc(Cl)cc1)C(=O)c1ccc(Cl)cc1. The monoisotopic (exact) mass is 349 g/mol. The summed E-state index contributed by atoms with van der Waals surface area (Å²) in [5, 5.41) is 1.09. The molecule has 0 radical (unpaired) electrons. The zero-order valence-corrected chi connectivity index (χ0v) is 14.3. The third kappa shape index (κ3) is 4.57. The topological polar surface area (TPSA) is 37.4 Å². The predicted molar refractivity (Wildman–Crippen MR) is 93.2 cm³/mol. The molecule has 120 valence electrons. The van der Waals surface area contributed by atoms with E-state index in [-0.39, 0.29) is 11.8 Å². The molecule has 0 unspecified atom stereocenters. The number of hydrogen-bond acceptors (Lipinski definition) is 2. The van der Waals surface area contributed by atoms with Gasteiger partial charge in [-0.25, -0.2) is 0 Å². The lowest BCUT2D eigenvalue weighted by Gasteiger charge is -2.21. The number of carbonyl (C=O) groups is 2. The van der Waals surface area contributed by atoms with E-state index in [1.807, 2.05) is 6.92 Å². The quantitative estimate of drug-likeness (QED) is 0.706. The molecule has 0 N–H and O–H groups in total. The van der Waals surface area contributed by atoms with Crippen LogP contribution in [0.5, 0.6) is 0 Å². The van der Waals surface area contributed by atoms with Crippen LogP contribution >= 0.6 is 23.2 Å². The number of unbranched alkanes of at least 4 members (excludes halogenated alkanes) is 1. The number of rotatable bonds is 5. The average molecular weight is 350 g/mol. The highest BCUT2D eigenvalue weighted by Gasteiger charge is 2.23. The first-order valence-corrected chi connectivity index (χ1v) is 8.16. The molecular weight excluding hydrogens is 333 g/mol. The van der Waals surface area contributed by atoms with Gasteiger partial charge in [0, 0.05) is 27.7 Å². The van der Waals surface area contributed by atoms with Gasteiger partial charge in [0.2, 0.25) is 0 Å². The minimum Gasteiger partial charge on any atom is -0.274 e. The lowest BCUT2D eigenvalue weighted by atomic mass is 10.1. The molecular formula is C18H17Cl2NO2. The van der Waals surface area contributed by atoms with Gasteiger partial charge in [0.15, 0.2) is 0 Å². The summed E-state index contributed by atoms with van der Waals surface area (Å²) >= 11 is 11.7. The summed E-state index contributed by atoms with van der Waals surface area (Å²) in [4.78, 5) is 26.6. The molecule has 23 heavy (non-hydrogen) atoms. The summed E-state index contributed by atoms with van der Waals surface area (Å²) < 4.78 is 0. The van der Waals surface area contributed by atoms with Crippen LogP contribution in [0.2, 0.25) is 10.0 Å². The van der Waals surface area contributed by atoms with Crippen LogP contribution in [0, 0.1) is 0 Å². The summed E-state index contributed by atoms with van der Waals surface area (Å²) in [7, 11) is 0. The van der Waals surface area contributed by atoms with Gasteiger partial charge in [-0.3, -0.25) is 14.5 Å². The average Bonchev–Trinajstić information content (AvgIpc) is 2.56. The first kappa shape index (κ1) is 17.5. The van der Waals surface area contributed by atoms with Crippen molar-refractivity contribution in [1.29, 1.82) is 0 Å². The van der Waals surface area contributed by atoms with Gasteiger partial charge >= 0.3 is 0 Å². The van der Waals surface area contributed by atoms with E-state index >= 15 is 0 Å². The van der Waals surface area contributed by atoms with Crippen molar-refractivity contribution in [2.45, 2.75) is 19.8 Å². The number of amides is 2. The molecule has 2 aromatic rings. The second-order valence-corrected chi connectivity index (χ2v) is 6.00. The van der Waals surface area contributed by atoms with Crippen molar-refractivity contribution in [2.75, 3.05) is 6.54 Å². The number of nitrogens with zero attached hydrogens (tertiary/aromatic N) is 1. The highest BCUT2D eigenvalue weighted by molar-refractivity contribution is 6.31. The number of halogens is 2. The highest BCUT2D eigenvalue weighted by Crippen LogP contribution is 2.16. The molecule has 0 fully saturated rings. The Bertz CT molecular complexity index is 624. The van der Waals surface area contributed by atoms with Crippen molar-refractivity contribution in [3.05, 3.63) is 69.7 Å². The molecule has 0 aliphatic rings. The van der Waals surface area contributed by atoms with Gasteiger partial charge < -0.3 is 0 Å². The van der Waals surface area contributed by atoms with Crippen molar-refractivity contribution in [3.8, 4) is 0 Å². The molecule has 2 amide bonds. The second-order valence-electron chi connectivity index (χ2n) is 5.13. The maximum atomic E-state index is 12.7. The Hall–Kier alpha value is -1.84. The fourth-order valence-corrected chi connectivity index (χ4v) is 2.36. The van der Waals surface area contributed by atoms with Gasteiger partial charge in [-0.05, 0) is 55.0 Å². The Kier molecular flexibility index (Phi) is 6.20. The Morgan fingerprint density at radius 3 is 1.57 bits per heavy atom. The fraction of sp³-hybridized carbons (Fsp3) is 0.222. The maximum Gasteiger partial charge on any atom is 0.260 e. The number of carbonyl (C=O) groups excluding carboxylic acids is 2. The molecule has 2 rings (SSSR count). The first-order valence-electron chi connectivity index (χ1n) is 7.40. The molecule has 0 heterocycles. The molecule has 0 spiro atoms. The molecule has 0 aliphatic heterocycles. The molecule has 0 aliphatic carbocycles. The minimum atomic E-state index is -0.324. The van der Waals surface area contributed by atoms with E-state index in [2.05, 4.69) is 0 Å². The van der Waals surface area contributed by atoms with Gasteiger partial charge in [-0.15, -0.1) is 0 Å². The molecule has 0 aromatic heterocycles. The van der Waals surface area contributed by atoms with Crippen LogP contribution in [0.15, 0.2) is 48.5 Å². The largest absolute Gasteiger partial charge is 0.274 e.